The van der Waals surface area contributed by atoms with Crippen LogP contribution in [0.2, 0.25) is 0 Å². The van der Waals surface area contributed by atoms with Gasteiger partial charge in [-0.25, -0.2) is 4.79 Å². The van der Waals surface area contributed by atoms with Crippen molar-refractivity contribution in [3.63, 3.8) is 0 Å². The summed E-state index contributed by atoms with van der Waals surface area (Å²) in [6.07, 6.45) is 1.63. The molecule has 0 aliphatic carbocycles. The first-order valence-electron chi connectivity index (χ1n) is 14.4. The molecule has 2 atom stereocenters. The highest BCUT2D eigenvalue weighted by Gasteiger charge is 2.31. The number of carbonyl (C=O) groups excluding carboxylic acids is 1. The topological polar surface area (TPSA) is 74.9 Å². The van der Waals surface area contributed by atoms with E-state index in [0.717, 1.165) is 53.0 Å². The number of nitrogens with zero attached hydrogens (tertiary/aromatic N) is 1. The number of urea groups is 1. The Hall–Kier alpha value is -4.18. The number of hydrogen-bond donors (Lipinski definition) is 3. The number of alkyl halides is 3. The zero-order chi connectivity index (χ0) is 30.6. The van der Waals surface area contributed by atoms with Crippen LogP contribution in [0.15, 0.2) is 66.7 Å². The third-order valence-electron chi connectivity index (χ3n) is 8.11. The van der Waals surface area contributed by atoms with Crippen molar-refractivity contribution in [2.75, 3.05) is 39.2 Å². The lowest BCUT2D eigenvalue weighted by Gasteiger charge is -2.38. The molecule has 0 radical (unpaired) electrons. The summed E-state index contributed by atoms with van der Waals surface area (Å²) in [5.74, 6) is 1.29. The highest BCUT2D eigenvalue weighted by molar-refractivity contribution is 5.79. The van der Waals surface area contributed by atoms with Crippen LogP contribution in [0.5, 0.6) is 11.5 Å². The Kier molecular flexibility index (Phi) is 8.87. The molecule has 2 amide bonds. The van der Waals surface area contributed by atoms with Crippen molar-refractivity contribution >= 4 is 17.8 Å². The van der Waals surface area contributed by atoms with Crippen LogP contribution >= 0.6 is 0 Å². The number of carbonyl (C=O) groups is 1. The van der Waals surface area contributed by atoms with E-state index >= 15 is 0 Å². The number of hydrogen-bond acceptors (Lipinski definition) is 5. The van der Waals surface area contributed by atoms with Gasteiger partial charge in [-0.3, -0.25) is 4.90 Å². The van der Waals surface area contributed by atoms with E-state index in [0.29, 0.717) is 37.4 Å². The lowest BCUT2D eigenvalue weighted by molar-refractivity contribution is -0.137. The number of halogens is 3. The first-order chi connectivity index (χ1) is 20.6. The maximum absolute atomic E-state index is 13.1. The SMILES string of the molecule is COc1cc2c(cc1OC)C(CCc1ccc(C(F)(F)F)cc1)N(CCNC(=O)NC1(C)C=Cc3ccccc3N1)CC2. The molecular formula is C33H37F3N4O3. The van der Waals surface area contributed by atoms with E-state index in [1.807, 2.05) is 55.5 Å². The van der Waals surface area contributed by atoms with Crippen molar-refractivity contribution in [1.82, 2.24) is 15.5 Å². The summed E-state index contributed by atoms with van der Waals surface area (Å²) in [6.45, 7) is 3.69. The molecular weight excluding hydrogens is 557 g/mol. The molecule has 7 nitrogen and oxygen atoms in total. The molecule has 0 aromatic heterocycles. The minimum atomic E-state index is -4.36. The molecule has 0 spiro atoms. The zero-order valence-corrected chi connectivity index (χ0v) is 24.6. The molecule has 2 unspecified atom stereocenters. The first kappa shape index (κ1) is 30.3. The molecule has 0 bridgehead atoms. The number of fused-ring (bicyclic) bond motifs is 2. The monoisotopic (exact) mass is 594 g/mol. The number of rotatable bonds is 9. The third-order valence-corrected chi connectivity index (χ3v) is 8.11. The van der Waals surface area contributed by atoms with Gasteiger partial charge in [-0.05, 0) is 84.8 Å². The molecule has 3 aromatic carbocycles. The number of anilines is 1. The average Bonchev–Trinajstić information content (AvgIpc) is 2.99. The second kappa shape index (κ2) is 12.6. The molecule has 228 valence electrons. The number of para-hydroxylation sites is 1. The highest BCUT2D eigenvalue weighted by Crippen LogP contribution is 2.40. The molecule has 3 N–H and O–H groups in total. The molecule has 5 rings (SSSR count). The van der Waals surface area contributed by atoms with Crippen molar-refractivity contribution < 1.29 is 27.4 Å². The molecule has 3 aromatic rings. The van der Waals surface area contributed by atoms with E-state index in [-0.39, 0.29) is 12.1 Å². The van der Waals surface area contributed by atoms with Crippen LogP contribution in [0.25, 0.3) is 6.08 Å². The molecule has 43 heavy (non-hydrogen) atoms. The predicted molar refractivity (Wildman–Crippen MR) is 161 cm³/mol. The standard InChI is InChI=1S/C33H37F3N4O3/c1-32(16-14-23-6-4-5-7-27(23)38-32)39-31(41)37-17-19-40-18-15-24-20-29(42-2)30(43-3)21-26(24)28(40)13-10-22-8-11-25(12-9-22)33(34,35)36/h4-9,11-12,14,16,20-21,28,38H,10,13,15,17-19H2,1-3H3,(H2,37,39,41). The van der Waals surface area contributed by atoms with Crippen molar-refractivity contribution in [3.8, 4) is 11.5 Å². The quantitative estimate of drug-likeness (QED) is 0.267. The van der Waals surface area contributed by atoms with Gasteiger partial charge in [0.15, 0.2) is 11.5 Å². The van der Waals surface area contributed by atoms with Crippen LogP contribution in [0.1, 0.15) is 47.2 Å². The minimum absolute atomic E-state index is 0.0207. The first-order valence-corrected chi connectivity index (χ1v) is 14.4. The molecule has 10 heteroatoms. The normalized spacial score (nSPS) is 19.5. The predicted octanol–water partition coefficient (Wildman–Crippen LogP) is 6.41. The number of ether oxygens (including phenoxy) is 2. The van der Waals surface area contributed by atoms with Gasteiger partial charge in [-0.2, -0.15) is 13.2 Å². The molecule has 2 aliphatic rings. The lowest BCUT2D eigenvalue weighted by atomic mass is 9.88. The van der Waals surface area contributed by atoms with Crippen LogP contribution in [0, 0.1) is 0 Å². The van der Waals surface area contributed by atoms with Crippen molar-refractivity contribution in [2.45, 2.75) is 44.1 Å². The van der Waals surface area contributed by atoms with Crippen LogP contribution in [-0.4, -0.2) is 50.4 Å². The lowest BCUT2D eigenvalue weighted by Crippen LogP contribution is -2.55. The van der Waals surface area contributed by atoms with E-state index in [1.165, 1.54) is 0 Å². The maximum Gasteiger partial charge on any atom is 0.416 e. The summed E-state index contributed by atoms with van der Waals surface area (Å²) >= 11 is 0. The van der Waals surface area contributed by atoms with Gasteiger partial charge in [0, 0.05) is 31.4 Å². The van der Waals surface area contributed by atoms with Crippen LogP contribution in [-0.2, 0) is 19.0 Å². The van der Waals surface area contributed by atoms with Gasteiger partial charge in [-0.15, -0.1) is 0 Å². The van der Waals surface area contributed by atoms with Crippen molar-refractivity contribution in [1.29, 1.82) is 0 Å². The van der Waals surface area contributed by atoms with Gasteiger partial charge < -0.3 is 25.4 Å². The van der Waals surface area contributed by atoms with Gasteiger partial charge in [0.1, 0.15) is 5.66 Å². The Morgan fingerprint density at radius 1 is 1.07 bits per heavy atom. The molecule has 0 saturated carbocycles. The second-order valence-electron chi connectivity index (χ2n) is 11.1. The van der Waals surface area contributed by atoms with Gasteiger partial charge in [0.2, 0.25) is 0 Å². The van der Waals surface area contributed by atoms with E-state index in [9.17, 15) is 18.0 Å². The second-order valence-corrected chi connectivity index (χ2v) is 11.1. The van der Waals surface area contributed by atoms with Crippen molar-refractivity contribution in [3.05, 3.63) is 94.6 Å². The molecule has 2 aliphatic heterocycles. The number of benzene rings is 3. The van der Waals surface area contributed by atoms with Gasteiger partial charge in [0.25, 0.3) is 0 Å². The highest BCUT2D eigenvalue weighted by atomic mass is 19.4. The summed E-state index contributed by atoms with van der Waals surface area (Å²) in [7, 11) is 3.20. The van der Waals surface area contributed by atoms with Gasteiger partial charge in [-0.1, -0.05) is 36.4 Å². The Morgan fingerprint density at radius 3 is 2.51 bits per heavy atom. The molecule has 0 saturated heterocycles. The van der Waals surface area contributed by atoms with Crippen molar-refractivity contribution in [2.24, 2.45) is 0 Å². The molecule has 0 fully saturated rings. The van der Waals surface area contributed by atoms with E-state index in [2.05, 4.69) is 20.9 Å². The van der Waals surface area contributed by atoms with E-state index in [4.69, 9.17) is 9.47 Å². The van der Waals surface area contributed by atoms with Gasteiger partial charge >= 0.3 is 12.2 Å². The summed E-state index contributed by atoms with van der Waals surface area (Å²) < 4.78 is 50.3. The van der Waals surface area contributed by atoms with E-state index < -0.39 is 17.4 Å². The molecule has 2 heterocycles. The van der Waals surface area contributed by atoms with Crippen LogP contribution < -0.4 is 25.4 Å². The largest absolute Gasteiger partial charge is 0.493 e. The zero-order valence-electron chi connectivity index (χ0n) is 24.6. The Balaban J connectivity index is 1.26. The average molecular weight is 595 g/mol. The summed E-state index contributed by atoms with van der Waals surface area (Å²) in [5, 5.41) is 9.37. The van der Waals surface area contributed by atoms with Gasteiger partial charge in [0.05, 0.1) is 19.8 Å². The smallest absolute Gasteiger partial charge is 0.416 e. The fourth-order valence-corrected chi connectivity index (χ4v) is 5.85. The summed E-state index contributed by atoms with van der Waals surface area (Å²) in [6, 6.07) is 16.9. The van der Waals surface area contributed by atoms with Crippen LogP contribution in [0.3, 0.4) is 0 Å². The van der Waals surface area contributed by atoms with Crippen LogP contribution in [0.4, 0.5) is 23.7 Å². The number of amides is 2. The number of methoxy groups -OCH3 is 2. The Bertz CT molecular complexity index is 1480. The Morgan fingerprint density at radius 2 is 1.79 bits per heavy atom. The summed E-state index contributed by atoms with van der Waals surface area (Å²) in [5.41, 5.74) is 3.71. The Labute approximate surface area is 250 Å². The van der Waals surface area contributed by atoms with E-state index in [1.54, 1.807) is 26.4 Å². The fraction of sp³-hybridized carbons (Fsp3) is 0.364. The maximum atomic E-state index is 13.1. The minimum Gasteiger partial charge on any atom is -0.493 e. The number of aryl methyl sites for hydroxylation is 1. The summed E-state index contributed by atoms with van der Waals surface area (Å²) in [4.78, 5) is 15.2. The number of nitrogens with one attached hydrogen (secondary N) is 3. The fourth-order valence-electron chi connectivity index (χ4n) is 5.85. The third kappa shape index (κ3) is 7.07.